The largest absolute Gasteiger partial charge is 0.229 e. The highest BCUT2D eigenvalue weighted by atomic mass is 35.6. The Morgan fingerprint density at radius 3 is 1.87 bits per heavy atom. The maximum atomic E-state index is 10.8. The third kappa shape index (κ3) is 12.0. The van der Waals surface area contributed by atoms with Crippen LogP contribution < -0.4 is 0 Å². The number of hydrogen-bond donors (Lipinski definition) is 0. The molecule has 6 heteroatoms. The minimum atomic E-state index is -2.88. The minimum absolute atomic E-state index is 0.133. The smallest absolute Gasteiger partial charge is 0.180 e. The van der Waals surface area contributed by atoms with E-state index in [0.717, 1.165) is 5.56 Å². The van der Waals surface area contributed by atoms with Crippen molar-refractivity contribution in [2.24, 2.45) is 0 Å². The summed E-state index contributed by atoms with van der Waals surface area (Å²) in [5.74, 6) is 0.133. The summed E-state index contributed by atoms with van der Waals surface area (Å²) >= 11 is 14.4. The summed E-state index contributed by atoms with van der Waals surface area (Å²) in [6.45, 7) is 0. The molecule has 0 spiro atoms. The molecule has 0 aliphatic carbocycles. The summed E-state index contributed by atoms with van der Waals surface area (Å²) in [5, 5.41) is 0. The molecule has 0 saturated carbocycles. The van der Waals surface area contributed by atoms with E-state index < -0.39 is 14.1 Å². The van der Waals surface area contributed by atoms with E-state index in [-0.39, 0.29) is 5.75 Å². The molecule has 0 N–H and O–H groups in total. The van der Waals surface area contributed by atoms with Crippen molar-refractivity contribution in [1.29, 1.82) is 0 Å². The van der Waals surface area contributed by atoms with Gasteiger partial charge in [0.05, 0.1) is 5.75 Å². The van der Waals surface area contributed by atoms with Crippen molar-refractivity contribution >= 4 is 44.6 Å². The van der Waals surface area contributed by atoms with Gasteiger partial charge < -0.3 is 0 Å². The average Bonchev–Trinajstić information content (AvgIpc) is 2.01. The molecule has 0 unspecified atom stereocenters. The second kappa shape index (κ2) is 7.34. The number of halogens is 3. The lowest BCUT2D eigenvalue weighted by Gasteiger charge is -1.96. The first-order valence-electron chi connectivity index (χ1n) is 3.95. The van der Waals surface area contributed by atoms with Crippen molar-refractivity contribution in [3.63, 3.8) is 0 Å². The number of benzene rings is 1. The molecule has 0 heterocycles. The third-order valence-electron chi connectivity index (χ3n) is 1.27. The second-order valence-electron chi connectivity index (χ2n) is 2.80. The van der Waals surface area contributed by atoms with E-state index >= 15 is 0 Å². The van der Waals surface area contributed by atoms with Gasteiger partial charge in [0, 0.05) is 6.26 Å². The van der Waals surface area contributed by atoms with Crippen molar-refractivity contribution in [1.82, 2.24) is 0 Å². The van der Waals surface area contributed by atoms with Crippen LogP contribution in [0.4, 0.5) is 0 Å². The van der Waals surface area contributed by atoms with Gasteiger partial charge in [-0.2, -0.15) is 0 Å². The zero-order valence-corrected chi connectivity index (χ0v) is 11.1. The van der Waals surface area contributed by atoms with E-state index in [1.54, 1.807) is 12.1 Å². The molecule has 1 aromatic carbocycles. The SMILES string of the molecule is CS(=O)(=O)Cc1ccccc1.ClC(Cl)Cl. The van der Waals surface area contributed by atoms with Gasteiger partial charge in [0.25, 0.3) is 0 Å². The van der Waals surface area contributed by atoms with Crippen LogP contribution in [0.1, 0.15) is 5.56 Å². The van der Waals surface area contributed by atoms with Gasteiger partial charge >= 0.3 is 0 Å². The number of alkyl halides is 3. The quantitative estimate of drug-likeness (QED) is 0.784. The lowest BCUT2D eigenvalue weighted by atomic mass is 10.2. The average molecular weight is 290 g/mol. The van der Waals surface area contributed by atoms with Crippen molar-refractivity contribution in [2.75, 3.05) is 6.26 Å². The molecule has 0 radical (unpaired) electrons. The highest BCUT2D eigenvalue weighted by Gasteiger charge is 2.01. The first kappa shape index (κ1) is 15.0. The summed E-state index contributed by atoms with van der Waals surface area (Å²) in [6.07, 6.45) is 1.24. The van der Waals surface area contributed by atoms with E-state index in [4.69, 9.17) is 34.8 Å². The van der Waals surface area contributed by atoms with Crippen LogP contribution >= 0.6 is 34.8 Å². The molecule has 0 bridgehead atoms. The van der Waals surface area contributed by atoms with Gasteiger partial charge in [0.2, 0.25) is 0 Å². The van der Waals surface area contributed by atoms with Crippen molar-refractivity contribution in [2.45, 2.75) is 10.0 Å². The Balaban J connectivity index is 0.000000423. The Kier molecular flexibility index (Phi) is 7.36. The van der Waals surface area contributed by atoms with Crippen LogP contribution in [-0.2, 0) is 15.6 Å². The van der Waals surface area contributed by atoms with Crippen LogP contribution in [0.3, 0.4) is 0 Å². The Bertz CT molecular complexity index is 359. The first-order valence-corrected chi connectivity index (χ1v) is 7.32. The normalized spacial score (nSPS) is 10.7. The second-order valence-corrected chi connectivity index (χ2v) is 6.92. The Labute approximate surface area is 105 Å². The van der Waals surface area contributed by atoms with Gasteiger partial charge in [-0.15, -0.1) is 0 Å². The van der Waals surface area contributed by atoms with Crippen LogP contribution in [0.2, 0.25) is 0 Å². The lowest BCUT2D eigenvalue weighted by Crippen LogP contribution is -1.99. The van der Waals surface area contributed by atoms with E-state index in [0.29, 0.717) is 0 Å². The van der Waals surface area contributed by atoms with Gasteiger partial charge in [-0.25, -0.2) is 8.42 Å². The summed E-state index contributed by atoms with van der Waals surface area (Å²) in [5.41, 5.74) is 0.843. The fraction of sp³-hybridized carbons (Fsp3) is 0.333. The standard InChI is InChI=1S/C8H10O2S.CHCl3/c1-11(9,10)7-8-5-3-2-4-6-8;2-1(3)4/h2-6H,7H2,1H3;1H. The predicted molar refractivity (Wildman–Crippen MR) is 66.3 cm³/mol. The molecule has 0 aliphatic heterocycles. The van der Waals surface area contributed by atoms with Gasteiger partial charge in [-0.05, 0) is 5.56 Å². The molecule has 1 rings (SSSR count). The predicted octanol–water partition coefficient (Wildman–Crippen LogP) is 3.22. The van der Waals surface area contributed by atoms with Crippen molar-refractivity contribution < 1.29 is 8.42 Å². The molecule has 0 amide bonds. The van der Waals surface area contributed by atoms with E-state index in [1.807, 2.05) is 18.2 Å². The molecule has 0 aliphatic rings. The van der Waals surface area contributed by atoms with Crippen molar-refractivity contribution in [3.8, 4) is 0 Å². The van der Waals surface area contributed by atoms with E-state index in [1.165, 1.54) is 6.26 Å². The maximum absolute atomic E-state index is 10.8. The topological polar surface area (TPSA) is 34.1 Å². The number of sulfone groups is 1. The zero-order chi connectivity index (χ0) is 11.9. The molecule has 1 aromatic rings. The molecule has 15 heavy (non-hydrogen) atoms. The van der Waals surface area contributed by atoms with Crippen LogP contribution in [0, 0.1) is 0 Å². The highest BCUT2D eigenvalue weighted by molar-refractivity contribution is 7.89. The lowest BCUT2D eigenvalue weighted by molar-refractivity contribution is 0.601. The molecule has 0 atom stereocenters. The van der Waals surface area contributed by atoms with Crippen LogP contribution in [0.25, 0.3) is 0 Å². The Morgan fingerprint density at radius 1 is 1.13 bits per heavy atom. The first-order chi connectivity index (χ1) is 6.81. The van der Waals surface area contributed by atoms with E-state index in [9.17, 15) is 8.42 Å². The summed E-state index contributed by atoms with van der Waals surface area (Å²) in [6, 6.07) is 9.15. The molecule has 86 valence electrons. The van der Waals surface area contributed by atoms with Crippen LogP contribution in [-0.4, -0.2) is 19.0 Å². The van der Waals surface area contributed by atoms with Crippen LogP contribution in [0.15, 0.2) is 30.3 Å². The van der Waals surface area contributed by atoms with E-state index in [2.05, 4.69) is 0 Å². The Hall–Kier alpha value is 0.0400. The molecule has 0 fully saturated rings. The monoisotopic (exact) mass is 288 g/mol. The van der Waals surface area contributed by atoms with Gasteiger partial charge in [0.15, 0.2) is 14.1 Å². The molecular formula is C9H11Cl3O2S. The number of hydrogen-bond acceptors (Lipinski definition) is 2. The van der Waals surface area contributed by atoms with Crippen LogP contribution in [0.5, 0.6) is 0 Å². The summed E-state index contributed by atoms with van der Waals surface area (Å²) < 4.78 is 20.9. The third-order valence-corrected chi connectivity index (χ3v) is 2.13. The molecule has 0 aromatic heterocycles. The molecule has 2 nitrogen and oxygen atoms in total. The maximum Gasteiger partial charge on any atom is 0.180 e. The summed E-state index contributed by atoms with van der Waals surface area (Å²) in [7, 11) is -2.88. The molecular weight excluding hydrogens is 279 g/mol. The Morgan fingerprint density at radius 2 is 1.53 bits per heavy atom. The van der Waals surface area contributed by atoms with Gasteiger partial charge in [0.1, 0.15) is 0 Å². The summed E-state index contributed by atoms with van der Waals surface area (Å²) in [4.78, 5) is 0. The number of rotatable bonds is 2. The zero-order valence-electron chi connectivity index (χ0n) is 8.03. The fourth-order valence-electron chi connectivity index (χ4n) is 0.877. The highest BCUT2D eigenvalue weighted by Crippen LogP contribution is 2.04. The fourth-order valence-corrected chi connectivity index (χ4v) is 1.67. The van der Waals surface area contributed by atoms with Gasteiger partial charge in [-0.3, -0.25) is 0 Å². The van der Waals surface area contributed by atoms with Gasteiger partial charge in [-0.1, -0.05) is 65.1 Å². The molecule has 0 saturated heterocycles. The van der Waals surface area contributed by atoms with Crippen molar-refractivity contribution in [3.05, 3.63) is 35.9 Å². The minimum Gasteiger partial charge on any atom is -0.229 e.